The van der Waals surface area contributed by atoms with Crippen LogP contribution in [0.5, 0.6) is 0 Å². The maximum absolute atomic E-state index is 11.6. The summed E-state index contributed by atoms with van der Waals surface area (Å²) in [6, 6.07) is 6.90. The van der Waals surface area contributed by atoms with Crippen LogP contribution in [0, 0.1) is 0 Å². The predicted octanol–water partition coefficient (Wildman–Crippen LogP) is 3.03. The number of carbonyl (C=O) groups is 1. The van der Waals surface area contributed by atoms with Crippen LogP contribution in [-0.4, -0.2) is 32.6 Å². The van der Waals surface area contributed by atoms with Crippen molar-refractivity contribution in [3.05, 3.63) is 41.4 Å². The molecule has 0 saturated carbocycles. The molecule has 2 aromatic heterocycles. The highest BCUT2D eigenvalue weighted by Gasteiger charge is 2.13. The van der Waals surface area contributed by atoms with Crippen LogP contribution in [0.25, 0.3) is 11.2 Å². The lowest BCUT2D eigenvalue weighted by Crippen LogP contribution is -2.03. The number of nitrogens with one attached hydrogen (secondary N) is 1. The number of esters is 1. The van der Waals surface area contributed by atoms with Gasteiger partial charge in [0.25, 0.3) is 0 Å². The van der Waals surface area contributed by atoms with E-state index in [-0.39, 0.29) is 5.28 Å². The molecule has 0 atom stereocenters. The number of imidazole rings is 1. The molecule has 8 heteroatoms. The van der Waals surface area contributed by atoms with E-state index in [9.17, 15) is 4.79 Å². The first-order valence-corrected chi connectivity index (χ1v) is 7.34. The van der Waals surface area contributed by atoms with Crippen LogP contribution in [0.3, 0.4) is 0 Å². The van der Waals surface area contributed by atoms with Crippen molar-refractivity contribution in [1.29, 1.82) is 0 Å². The van der Waals surface area contributed by atoms with Crippen LogP contribution in [0.15, 0.2) is 30.6 Å². The predicted molar refractivity (Wildman–Crippen MR) is 87.1 cm³/mol. The van der Waals surface area contributed by atoms with Crippen LogP contribution in [0.1, 0.15) is 17.3 Å². The van der Waals surface area contributed by atoms with Crippen molar-refractivity contribution in [2.45, 2.75) is 13.5 Å². The molecule has 0 spiro atoms. The normalized spacial score (nSPS) is 10.7. The summed E-state index contributed by atoms with van der Waals surface area (Å²) in [5.74, 6) is 0.0731. The Morgan fingerprint density at radius 1 is 1.39 bits per heavy atom. The number of methoxy groups -OCH3 is 1. The maximum Gasteiger partial charge on any atom is 0.337 e. The molecule has 3 rings (SSSR count). The molecule has 0 aliphatic rings. The lowest BCUT2D eigenvalue weighted by molar-refractivity contribution is 0.0601. The van der Waals surface area contributed by atoms with Crippen molar-refractivity contribution in [3.63, 3.8) is 0 Å². The fourth-order valence-corrected chi connectivity index (χ4v) is 2.38. The first kappa shape index (κ1) is 15.2. The second-order valence-electron chi connectivity index (χ2n) is 4.74. The summed E-state index contributed by atoms with van der Waals surface area (Å²) in [4.78, 5) is 24.3. The molecule has 0 aliphatic heterocycles. The highest BCUT2D eigenvalue weighted by molar-refractivity contribution is 6.28. The van der Waals surface area contributed by atoms with E-state index in [1.165, 1.54) is 7.11 Å². The number of rotatable bonds is 4. The Balaban J connectivity index is 2.02. The lowest BCUT2D eigenvalue weighted by Gasteiger charge is -2.08. The zero-order valence-electron chi connectivity index (χ0n) is 12.6. The Morgan fingerprint density at radius 2 is 2.22 bits per heavy atom. The largest absolute Gasteiger partial charge is 0.465 e. The van der Waals surface area contributed by atoms with Crippen LogP contribution >= 0.6 is 11.6 Å². The van der Waals surface area contributed by atoms with Gasteiger partial charge in [0.05, 0.1) is 19.0 Å². The molecule has 0 bridgehead atoms. The molecule has 23 heavy (non-hydrogen) atoms. The lowest BCUT2D eigenvalue weighted by atomic mass is 10.2. The molecule has 0 saturated heterocycles. The molecule has 0 radical (unpaired) electrons. The van der Waals surface area contributed by atoms with Gasteiger partial charge in [0.1, 0.15) is 0 Å². The average Bonchev–Trinajstić information content (AvgIpc) is 2.97. The van der Waals surface area contributed by atoms with E-state index in [1.807, 2.05) is 17.6 Å². The Bertz CT molecular complexity index is 877. The van der Waals surface area contributed by atoms with Gasteiger partial charge in [-0.05, 0) is 36.7 Å². The van der Waals surface area contributed by atoms with E-state index >= 15 is 0 Å². The van der Waals surface area contributed by atoms with Crippen molar-refractivity contribution >= 4 is 40.2 Å². The summed E-state index contributed by atoms with van der Waals surface area (Å²) in [5, 5.41) is 3.25. The average molecular weight is 332 g/mol. The van der Waals surface area contributed by atoms with Gasteiger partial charge in [-0.2, -0.15) is 9.97 Å². The highest BCUT2D eigenvalue weighted by atomic mass is 35.5. The summed E-state index contributed by atoms with van der Waals surface area (Å²) < 4.78 is 6.59. The van der Waals surface area contributed by atoms with Crippen LogP contribution in [0.2, 0.25) is 5.28 Å². The van der Waals surface area contributed by atoms with Gasteiger partial charge in [-0.25, -0.2) is 9.78 Å². The van der Waals surface area contributed by atoms with E-state index in [0.29, 0.717) is 28.2 Å². The van der Waals surface area contributed by atoms with Crippen molar-refractivity contribution in [1.82, 2.24) is 19.5 Å². The molecular weight excluding hydrogens is 318 g/mol. The van der Waals surface area contributed by atoms with Crippen molar-refractivity contribution in [3.8, 4) is 0 Å². The van der Waals surface area contributed by atoms with Crippen molar-refractivity contribution < 1.29 is 9.53 Å². The quantitative estimate of drug-likeness (QED) is 0.584. The standard InChI is InChI=1S/C15H14ClN5O2/c1-3-21-8-17-11-12(19-15(16)20-13(11)21)18-10-6-4-5-9(7-10)14(22)23-2/h4-8H,3H2,1-2H3,(H,18,19,20). The zero-order valence-corrected chi connectivity index (χ0v) is 13.3. The topological polar surface area (TPSA) is 81.9 Å². The molecule has 1 N–H and O–H groups in total. The number of carbonyl (C=O) groups excluding carboxylic acids is 1. The minimum Gasteiger partial charge on any atom is -0.465 e. The number of aryl methyl sites for hydroxylation is 1. The molecule has 0 aliphatic carbocycles. The first-order valence-electron chi connectivity index (χ1n) is 6.96. The summed E-state index contributed by atoms with van der Waals surface area (Å²) in [6.45, 7) is 2.71. The number of hydrogen-bond acceptors (Lipinski definition) is 6. The number of benzene rings is 1. The second-order valence-corrected chi connectivity index (χ2v) is 5.08. The van der Waals surface area contributed by atoms with Gasteiger partial charge in [0, 0.05) is 12.2 Å². The molecule has 0 amide bonds. The zero-order chi connectivity index (χ0) is 16.4. The number of hydrogen-bond donors (Lipinski definition) is 1. The minimum atomic E-state index is -0.408. The number of nitrogens with zero attached hydrogens (tertiary/aromatic N) is 4. The molecule has 0 fully saturated rings. The fourth-order valence-electron chi connectivity index (χ4n) is 2.21. The molecule has 2 heterocycles. The summed E-state index contributed by atoms with van der Waals surface area (Å²) in [5.41, 5.74) is 2.38. The molecule has 3 aromatic rings. The Morgan fingerprint density at radius 3 is 2.96 bits per heavy atom. The number of ether oxygens (including phenoxy) is 1. The van der Waals surface area contributed by atoms with Gasteiger partial charge >= 0.3 is 5.97 Å². The van der Waals surface area contributed by atoms with Crippen molar-refractivity contribution in [2.24, 2.45) is 0 Å². The van der Waals surface area contributed by atoms with Gasteiger partial charge in [0.2, 0.25) is 5.28 Å². The second kappa shape index (κ2) is 6.21. The van der Waals surface area contributed by atoms with E-state index in [4.69, 9.17) is 16.3 Å². The third kappa shape index (κ3) is 2.95. The van der Waals surface area contributed by atoms with E-state index in [2.05, 4.69) is 20.3 Å². The van der Waals surface area contributed by atoms with Gasteiger partial charge in [-0.3, -0.25) is 0 Å². The maximum atomic E-state index is 11.6. The van der Waals surface area contributed by atoms with Gasteiger partial charge in [-0.1, -0.05) is 6.07 Å². The molecule has 1 aromatic carbocycles. The number of fused-ring (bicyclic) bond motifs is 1. The van der Waals surface area contributed by atoms with Gasteiger partial charge in [-0.15, -0.1) is 0 Å². The van der Waals surface area contributed by atoms with E-state index < -0.39 is 5.97 Å². The third-order valence-electron chi connectivity index (χ3n) is 3.32. The van der Waals surface area contributed by atoms with Gasteiger partial charge < -0.3 is 14.6 Å². The summed E-state index contributed by atoms with van der Waals surface area (Å²) in [6.07, 6.45) is 1.69. The van der Waals surface area contributed by atoms with Crippen LogP contribution < -0.4 is 5.32 Å². The van der Waals surface area contributed by atoms with E-state index in [1.54, 1.807) is 24.5 Å². The number of halogens is 1. The Labute approximate surface area is 137 Å². The fraction of sp³-hybridized carbons (Fsp3) is 0.200. The SMILES string of the molecule is CCn1cnc2c(Nc3cccc(C(=O)OC)c3)nc(Cl)nc21. The Kier molecular flexibility index (Phi) is 4.12. The van der Waals surface area contributed by atoms with E-state index in [0.717, 1.165) is 6.54 Å². The summed E-state index contributed by atoms with van der Waals surface area (Å²) >= 11 is 6.00. The molecule has 7 nitrogen and oxygen atoms in total. The molecule has 118 valence electrons. The smallest absolute Gasteiger partial charge is 0.337 e. The molecule has 0 unspecified atom stereocenters. The summed E-state index contributed by atoms with van der Waals surface area (Å²) in [7, 11) is 1.34. The monoisotopic (exact) mass is 331 g/mol. The van der Waals surface area contributed by atoms with Crippen LogP contribution in [0.4, 0.5) is 11.5 Å². The minimum absolute atomic E-state index is 0.124. The Hall–Kier alpha value is -2.67. The highest BCUT2D eigenvalue weighted by Crippen LogP contribution is 2.24. The number of anilines is 2. The van der Waals surface area contributed by atoms with Crippen LogP contribution in [-0.2, 0) is 11.3 Å². The molecular formula is C15H14ClN5O2. The van der Waals surface area contributed by atoms with Crippen molar-refractivity contribution in [2.75, 3.05) is 12.4 Å². The number of aromatic nitrogens is 4. The first-order chi connectivity index (χ1) is 11.1. The third-order valence-corrected chi connectivity index (χ3v) is 3.49. The van der Waals surface area contributed by atoms with Gasteiger partial charge in [0.15, 0.2) is 17.0 Å².